The van der Waals surface area contributed by atoms with Gasteiger partial charge in [0.05, 0.1) is 12.2 Å². The highest BCUT2D eigenvalue weighted by atomic mass is 16.3. The Balaban J connectivity index is 2.79. The van der Waals surface area contributed by atoms with Gasteiger partial charge in [0, 0.05) is 12.6 Å². The molecule has 3 heteroatoms. The molecule has 3 nitrogen and oxygen atoms in total. The van der Waals surface area contributed by atoms with Crippen LogP contribution in [-0.2, 0) is 0 Å². The maximum atomic E-state index is 10.4. The van der Waals surface area contributed by atoms with E-state index >= 15 is 0 Å². The molecule has 0 heterocycles. The molecule has 0 aliphatic carbocycles. The molecule has 18 heavy (non-hydrogen) atoms. The standard InChI is InChI=1S/C15H25NO2/c1-5-14(16-9-12(4)17)15(18)13-7-6-10(2)8-11(13)3/h6-8,12,14-18H,5,9H2,1-4H3. The number of hydrogen-bond donors (Lipinski definition) is 3. The van der Waals surface area contributed by atoms with Gasteiger partial charge in [0.2, 0.25) is 0 Å². The van der Waals surface area contributed by atoms with Gasteiger partial charge in [0.25, 0.3) is 0 Å². The van der Waals surface area contributed by atoms with Crippen LogP contribution in [0.5, 0.6) is 0 Å². The lowest BCUT2D eigenvalue weighted by Gasteiger charge is -2.25. The Morgan fingerprint density at radius 2 is 1.89 bits per heavy atom. The fraction of sp³-hybridized carbons (Fsp3) is 0.600. The van der Waals surface area contributed by atoms with Crippen LogP contribution in [0.15, 0.2) is 18.2 Å². The molecule has 0 fully saturated rings. The van der Waals surface area contributed by atoms with Gasteiger partial charge in [-0.2, -0.15) is 0 Å². The monoisotopic (exact) mass is 251 g/mol. The van der Waals surface area contributed by atoms with E-state index in [0.717, 1.165) is 17.5 Å². The minimum Gasteiger partial charge on any atom is -0.392 e. The number of aliphatic hydroxyl groups is 2. The van der Waals surface area contributed by atoms with Crippen LogP contribution in [0.3, 0.4) is 0 Å². The second-order valence-electron chi connectivity index (χ2n) is 5.08. The van der Waals surface area contributed by atoms with Gasteiger partial charge in [-0.25, -0.2) is 0 Å². The van der Waals surface area contributed by atoms with Gasteiger partial charge in [-0.15, -0.1) is 0 Å². The molecule has 0 amide bonds. The normalized spacial score (nSPS) is 16.3. The first kappa shape index (κ1) is 15.2. The van der Waals surface area contributed by atoms with Crippen LogP contribution in [0.25, 0.3) is 0 Å². The molecule has 0 aliphatic rings. The molecule has 3 unspecified atom stereocenters. The molecule has 0 radical (unpaired) electrons. The average molecular weight is 251 g/mol. The van der Waals surface area contributed by atoms with Crippen molar-refractivity contribution >= 4 is 0 Å². The molecule has 0 saturated carbocycles. The van der Waals surface area contributed by atoms with Crippen molar-refractivity contribution in [3.8, 4) is 0 Å². The lowest BCUT2D eigenvalue weighted by atomic mass is 9.95. The van der Waals surface area contributed by atoms with Crippen LogP contribution in [-0.4, -0.2) is 28.9 Å². The predicted molar refractivity (Wildman–Crippen MR) is 74.6 cm³/mol. The number of aryl methyl sites for hydroxylation is 2. The first-order valence-corrected chi connectivity index (χ1v) is 6.62. The van der Waals surface area contributed by atoms with E-state index in [2.05, 4.69) is 11.4 Å². The topological polar surface area (TPSA) is 52.5 Å². The van der Waals surface area contributed by atoms with Crippen molar-refractivity contribution in [2.75, 3.05) is 6.54 Å². The van der Waals surface area contributed by atoms with E-state index in [-0.39, 0.29) is 6.04 Å². The molecule has 0 saturated heterocycles. The summed E-state index contributed by atoms with van der Waals surface area (Å²) in [6.07, 6.45) is -0.110. The fourth-order valence-corrected chi connectivity index (χ4v) is 2.18. The van der Waals surface area contributed by atoms with Crippen molar-refractivity contribution in [2.45, 2.75) is 52.4 Å². The summed E-state index contributed by atoms with van der Waals surface area (Å²) in [6, 6.07) is 6.07. The summed E-state index contributed by atoms with van der Waals surface area (Å²) in [5, 5.41) is 22.9. The summed E-state index contributed by atoms with van der Waals surface area (Å²) in [5.41, 5.74) is 3.28. The van der Waals surface area contributed by atoms with Gasteiger partial charge >= 0.3 is 0 Å². The lowest BCUT2D eigenvalue weighted by molar-refractivity contribution is 0.111. The number of benzene rings is 1. The number of nitrogens with one attached hydrogen (secondary N) is 1. The summed E-state index contributed by atoms with van der Waals surface area (Å²) in [4.78, 5) is 0. The summed E-state index contributed by atoms with van der Waals surface area (Å²) in [6.45, 7) is 8.34. The first-order valence-electron chi connectivity index (χ1n) is 6.62. The molecule has 102 valence electrons. The molecule has 0 aliphatic heterocycles. The minimum atomic E-state index is -0.533. The largest absolute Gasteiger partial charge is 0.392 e. The lowest BCUT2D eigenvalue weighted by Crippen LogP contribution is -2.38. The highest BCUT2D eigenvalue weighted by Gasteiger charge is 2.20. The third-order valence-electron chi connectivity index (χ3n) is 3.24. The second kappa shape index (κ2) is 6.88. The van der Waals surface area contributed by atoms with E-state index in [0.29, 0.717) is 6.54 Å². The van der Waals surface area contributed by atoms with Gasteiger partial charge in [-0.05, 0) is 38.3 Å². The van der Waals surface area contributed by atoms with E-state index in [1.54, 1.807) is 6.92 Å². The van der Waals surface area contributed by atoms with Crippen molar-refractivity contribution in [1.82, 2.24) is 5.32 Å². The molecule has 3 atom stereocenters. The Hall–Kier alpha value is -0.900. The number of hydrogen-bond acceptors (Lipinski definition) is 3. The summed E-state index contributed by atoms with van der Waals surface area (Å²) < 4.78 is 0. The third kappa shape index (κ3) is 4.09. The highest BCUT2D eigenvalue weighted by Crippen LogP contribution is 2.23. The van der Waals surface area contributed by atoms with E-state index in [1.807, 2.05) is 32.9 Å². The van der Waals surface area contributed by atoms with Crippen molar-refractivity contribution in [2.24, 2.45) is 0 Å². The van der Waals surface area contributed by atoms with Crippen molar-refractivity contribution in [1.29, 1.82) is 0 Å². The van der Waals surface area contributed by atoms with E-state index in [9.17, 15) is 10.2 Å². The number of aliphatic hydroxyl groups excluding tert-OH is 2. The Morgan fingerprint density at radius 3 is 2.39 bits per heavy atom. The van der Waals surface area contributed by atoms with Crippen LogP contribution in [0.2, 0.25) is 0 Å². The molecule has 3 N–H and O–H groups in total. The summed E-state index contributed by atoms with van der Waals surface area (Å²) in [5.74, 6) is 0. The summed E-state index contributed by atoms with van der Waals surface area (Å²) in [7, 11) is 0. The second-order valence-corrected chi connectivity index (χ2v) is 5.08. The van der Waals surface area contributed by atoms with Gasteiger partial charge < -0.3 is 15.5 Å². The Labute approximate surface area is 110 Å². The SMILES string of the molecule is CCC(NCC(C)O)C(O)c1ccc(C)cc1C. The molecule has 0 aromatic heterocycles. The zero-order valence-electron chi connectivity index (χ0n) is 11.8. The van der Waals surface area contributed by atoms with Gasteiger partial charge in [0.1, 0.15) is 0 Å². The minimum absolute atomic E-state index is 0.0268. The predicted octanol–water partition coefficient (Wildman–Crippen LogP) is 2.09. The average Bonchev–Trinajstić information content (AvgIpc) is 2.29. The van der Waals surface area contributed by atoms with Crippen LogP contribution in [0.4, 0.5) is 0 Å². The summed E-state index contributed by atoms with van der Waals surface area (Å²) >= 11 is 0. The van der Waals surface area contributed by atoms with Crippen molar-refractivity contribution in [3.05, 3.63) is 34.9 Å². The van der Waals surface area contributed by atoms with E-state index in [1.165, 1.54) is 5.56 Å². The van der Waals surface area contributed by atoms with Gasteiger partial charge in [-0.1, -0.05) is 30.7 Å². The molecule has 0 spiro atoms. The number of rotatable bonds is 6. The van der Waals surface area contributed by atoms with E-state index < -0.39 is 12.2 Å². The smallest absolute Gasteiger partial charge is 0.0945 e. The Kier molecular flexibility index (Phi) is 5.79. The maximum absolute atomic E-state index is 10.4. The quantitative estimate of drug-likeness (QED) is 0.725. The Bertz CT molecular complexity index is 377. The molecule has 1 rings (SSSR count). The zero-order chi connectivity index (χ0) is 13.7. The third-order valence-corrected chi connectivity index (χ3v) is 3.24. The molecule has 1 aromatic rings. The van der Waals surface area contributed by atoms with Gasteiger partial charge in [-0.3, -0.25) is 0 Å². The molecular weight excluding hydrogens is 226 g/mol. The Morgan fingerprint density at radius 1 is 1.22 bits per heavy atom. The fourth-order valence-electron chi connectivity index (χ4n) is 2.18. The molecular formula is C15H25NO2. The van der Waals surface area contributed by atoms with Crippen LogP contribution < -0.4 is 5.32 Å². The van der Waals surface area contributed by atoms with Crippen LogP contribution >= 0.6 is 0 Å². The van der Waals surface area contributed by atoms with E-state index in [4.69, 9.17) is 0 Å². The van der Waals surface area contributed by atoms with Crippen molar-refractivity contribution < 1.29 is 10.2 Å². The highest BCUT2D eigenvalue weighted by molar-refractivity contribution is 5.32. The van der Waals surface area contributed by atoms with Crippen molar-refractivity contribution in [3.63, 3.8) is 0 Å². The van der Waals surface area contributed by atoms with Gasteiger partial charge in [0.15, 0.2) is 0 Å². The molecule has 1 aromatic carbocycles. The molecule has 0 bridgehead atoms. The van der Waals surface area contributed by atoms with Crippen LogP contribution in [0, 0.1) is 13.8 Å². The maximum Gasteiger partial charge on any atom is 0.0945 e. The zero-order valence-corrected chi connectivity index (χ0v) is 11.8. The first-order chi connectivity index (χ1) is 8.45. The van der Waals surface area contributed by atoms with Crippen LogP contribution in [0.1, 0.15) is 43.1 Å².